The summed E-state index contributed by atoms with van der Waals surface area (Å²) in [7, 11) is 0. The summed E-state index contributed by atoms with van der Waals surface area (Å²) in [6, 6.07) is 9.70. The quantitative estimate of drug-likeness (QED) is 0.511. The minimum atomic E-state index is -0.658. The smallest absolute Gasteiger partial charge is 0.335 e. The Kier molecular flexibility index (Phi) is 7.98. The van der Waals surface area contributed by atoms with Gasteiger partial charge in [0.15, 0.2) is 6.10 Å². The van der Waals surface area contributed by atoms with Crippen LogP contribution in [0.3, 0.4) is 0 Å². The second-order valence-corrected chi connectivity index (χ2v) is 6.49. The molecule has 0 aliphatic rings. The average Bonchev–Trinajstić information content (AvgIpc) is 3.10. The summed E-state index contributed by atoms with van der Waals surface area (Å²) in [5.41, 5.74) is 1.66. The van der Waals surface area contributed by atoms with Gasteiger partial charge in [0, 0.05) is 11.9 Å². The molecule has 6 nitrogen and oxygen atoms in total. The maximum Gasteiger partial charge on any atom is 0.335 e. The van der Waals surface area contributed by atoms with Crippen LogP contribution in [0.2, 0.25) is 0 Å². The normalized spacial score (nSPS) is 11.6. The second kappa shape index (κ2) is 10.5. The van der Waals surface area contributed by atoms with Crippen molar-refractivity contribution in [2.75, 3.05) is 6.61 Å². The molecule has 0 saturated heterocycles. The lowest BCUT2D eigenvalue weighted by atomic mass is 10.2. The number of aromatic nitrogens is 1. The predicted octanol–water partition coefficient (Wildman–Crippen LogP) is 2.64. The zero-order chi connectivity index (χ0) is 18.8. The molecule has 0 radical (unpaired) electrons. The predicted molar refractivity (Wildman–Crippen MR) is 99.5 cm³/mol. The summed E-state index contributed by atoms with van der Waals surface area (Å²) < 4.78 is 10.4. The molecule has 0 saturated carbocycles. The second-order valence-electron chi connectivity index (χ2n) is 5.54. The Labute approximate surface area is 156 Å². The van der Waals surface area contributed by atoms with Gasteiger partial charge in [-0.25, -0.2) is 9.78 Å². The maximum absolute atomic E-state index is 12.0. The van der Waals surface area contributed by atoms with Gasteiger partial charge in [-0.05, 0) is 12.5 Å². The highest BCUT2D eigenvalue weighted by Gasteiger charge is 2.15. The minimum Gasteiger partial charge on any atom is -0.457 e. The molecule has 1 unspecified atom stereocenters. The van der Waals surface area contributed by atoms with Crippen molar-refractivity contribution in [3.05, 3.63) is 64.6 Å². The Hall–Kier alpha value is -2.51. The van der Waals surface area contributed by atoms with E-state index in [0.29, 0.717) is 17.2 Å². The van der Waals surface area contributed by atoms with Gasteiger partial charge in [0.1, 0.15) is 11.6 Å². The Morgan fingerprint density at radius 1 is 1.35 bits per heavy atom. The zero-order valence-electron chi connectivity index (χ0n) is 14.6. The van der Waals surface area contributed by atoms with E-state index in [0.717, 1.165) is 5.56 Å². The molecule has 1 heterocycles. The van der Waals surface area contributed by atoms with Gasteiger partial charge >= 0.3 is 5.97 Å². The number of rotatable bonds is 10. The van der Waals surface area contributed by atoms with E-state index in [2.05, 4.69) is 16.9 Å². The van der Waals surface area contributed by atoms with Crippen molar-refractivity contribution in [1.82, 2.24) is 10.3 Å². The fourth-order valence-electron chi connectivity index (χ4n) is 2.04. The first kappa shape index (κ1) is 19.8. The van der Waals surface area contributed by atoms with Gasteiger partial charge in [-0.2, -0.15) is 0 Å². The monoisotopic (exact) mass is 374 g/mol. The molecule has 0 spiro atoms. The molecule has 0 bridgehead atoms. The van der Waals surface area contributed by atoms with Gasteiger partial charge in [-0.1, -0.05) is 36.4 Å². The molecule has 2 aromatic rings. The molecule has 0 fully saturated rings. The molecule has 0 aliphatic carbocycles. The van der Waals surface area contributed by atoms with Crippen molar-refractivity contribution in [1.29, 1.82) is 0 Å². The van der Waals surface area contributed by atoms with Crippen LogP contribution in [-0.2, 0) is 38.6 Å². The number of nitrogens with zero attached hydrogens (tertiary/aromatic N) is 1. The van der Waals surface area contributed by atoms with E-state index in [4.69, 9.17) is 9.47 Å². The first-order valence-corrected chi connectivity index (χ1v) is 9.09. The molecular formula is C19H22N2O4S. The van der Waals surface area contributed by atoms with E-state index in [-0.39, 0.29) is 25.5 Å². The van der Waals surface area contributed by atoms with Crippen LogP contribution < -0.4 is 5.32 Å². The van der Waals surface area contributed by atoms with Crippen LogP contribution in [0.1, 0.15) is 23.2 Å². The molecular weight excluding hydrogens is 352 g/mol. The highest BCUT2D eigenvalue weighted by Crippen LogP contribution is 2.12. The molecule has 26 heavy (non-hydrogen) atoms. The third kappa shape index (κ3) is 6.78. The van der Waals surface area contributed by atoms with Gasteiger partial charge in [-0.3, -0.25) is 4.79 Å². The Morgan fingerprint density at radius 2 is 2.12 bits per heavy atom. The van der Waals surface area contributed by atoms with Crippen molar-refractivity contribution in [2.45, 2.75) is 32.6 Å². The number of thiazole rings is 1. The van der Waals surface area contributed by atoms with E-state index in [9.17, 15) is 9.59 Å². The van der Waals surface area contributed by atoms with Gasteiger partial charge in [0.05, 0.1) is 18.7 Å². The molecule has 1 N–H and O–H groups in total. The number of hydrogen-bond acceptors (Lipinski definition) is 6. The number of carbonyl (C=O) groups is 2. The first-order chi connectivity index (χ1) is 12.6. The summed E-state index contributed by atoms with van der Waals surface area (Å²) in [4.78, 5) is 28.1. The Morgan fingerprint density at radius 3 is 2.85 bits per heavy atom. The summed E-state index contributed by atoms with van der Waals surface area (Å²) in [5, 5.41) is 5.32. The van der Waals surface area contributed by atoms with Crippen molar-refractivity contribution >= 4 is 23.2 Å². The van der Waals surface area contributed by atoms with Gasteiger partial charge in [0.2, 0.25) is 5.91 Å². The van der Waals surface area contributed by atoms with Crippen molar-refractivity contribution in [3.8, 4) is 0 Å². The van der Waals surface area contributed by atoms with Crippen LogP contribution in [0.15, 0.2) is 48.4 Å². The number of benzene rings is 1. The molecule has 1 amide bonds. The van der Waals surface area contributed by atoms with E-state index >= 15 is 0 Å². The van der Waals surface area contributed by atoms with Crippen LogP contribution in [0.4, 0.5) is 0 Å². The third-order valence-electron chi connectivity index (χ3n) is 3.40. The SMILES string of the molecule is C=CCOC(C)C(=O)OCc1csc(CC(=O)NCc2ccccc2)n1. The lowest BCUT2D eigenvalue weighted by Gasteiger charge is -2.10. The fraction of sp³-hybridized carbons (Fsp3) is 0.316. The number of amides is 1. The molecule has 1 aromatic carbocycles. The molecule has 0 aliphatic heterocycles. The van der Waals surface area contributed by atoms with Crippen LogP contribution in [-0.4, -0.2) is 29.6 Å². The molecule has 2 rings (SSSR count). The molecule has 7 heteroatoms. The van der Waals surface area contributed by atoms with Crippen LogP contribution >= 0.6 is 11.3 Å². The van der Waals surface area contributed by atoms with Gasteiger partial charge in [0.25, 0.3) is 0 Å². The van der Waals surface area contributed by atoms with Crippen molar-refractivity contribution in [2.24, 2.45) is 0 Å². The Balaban J connectivity index is 1.73. The van der Waals surface area contributed by atoms with E-state index in [1.807, 2.05) is 30.3 Å². The van der Waals surface area contributed by atoms with E-state index in [1.54, 1.807) is 18.4 Å². The number of ether oxygens (including phenoxy) is 2. The first-order valence-electron chi connectivity index (χ1n) is 8.21. The van der Waals surface area contributed by atoms with Crippen LogP contribution in [0.25, 0.3) is 0 Å². The van der Waals surface area contributed by atoms with Crippen molar-refractivity contribution < 1.29 is 19.1 Å². The maximum atomic E-state index is 12.0. The van der Waals surface area contributed by atoms with E-state index in [1.165, 1.54) is 11.3 Å². The highest BCUT2D eigenvalue weighted by atomic mass is 32.1. The van der Waals surface area contributed by atoms with Gasteiger partial charge in [-0.15, -0.1) is 17.9 Å². The highest BCUT2D eigenvalue weighted by molar-refractivity contribution is 7.09. The topological polar surface area (TPSA) is 77.5 Å². The standard InChI is InChI=1S/C19H22N2O4S/c1-3-9-24-14(2)19(23)25-12-16-13-26-18(21-16)10-17(22)20-11-15-7-5-4-6-8-15/h3-8,13-14H,1,9-12H2,2H3,(H,20,22). The number of hydrogen-bond donors (Lipinski definition) is 1. The fourth-order valence-corrected chi connectivity index (χ4v) is 2.81. The lowest BCUT2D eigenvalue weighted by Crippen LogP contribution is -2.24. The summed E-state index contributed by atoms with van der Waals surface area (Å²) in [6.45, 7) is 5.97. The van der Waals surface area contributed by atoms with Crippen LogP contribution in [0, 0.1) is 0 Å². The van der Waals surface area contributed by atoms with Crippen LogP contribution in [0.5, 0.6) is 0 Å². The average molecular weight is 374 g/mol. The number of esters is 1. The lowest BCUT2D eigenvalue weighted by molar-refractivity contribution is -0.156. The van der Waals surface area contributed by atoms with E-state index < -0.39 is 12.1 Å². The molecule has 1 aromatic heterocycles. The Bertz CT molecular complexity index is 730. The van der Waals surface area contributed by atoms with Gasteiger partial charge < -0.3 is 14.8 Å². The summed E-state index contributed by atoms with van der Waals surface area (Å²) >= 11 is 1.37. The number of nitrogens with one attached hydrogen (secondary N) is 1. The third-order valence-corrected chi connectivity index (χ3v) is 4.30. The zero-order valence-corrected chi connectivity index (χ0v) is 15.5. The summed E-state index contributed by atoms with van der Waals surface area (Å²) in [5.74, 6) is -0.555. The summed E-state index contributed by atoms with van der Waals surface area (Å²) in [6.07, 6.45) is 1.11. The molecule has 1 atom stereocenters. The minimum absolute atomic E-state index is 0.0583. The molecule has 138 valence electrons. The number of carbonyl (C=O) groups excluding carboxylic acids is 2. The largest absolute Gasteiger partial charge is 0.457 e. The van der Waals surface area contributed by atoms with Crippen molar-refractivity contribution in [3.63, 3.8) is 0 Å².